The van der Waals surface area contributed by atoms with Crippen LogP contribution in [0.25, 0.3) is 5.69 Å². The van der Waals surface area contributed by atoms with Crippen LogP contribution in [0.5, 0.6) is 0 Å². The number of fused-ring (bicyclic) bond motifs is 1. The van der Waals surface area contributed by atoms with E-state index >= 15 is 0 Å². The summed E-state index contributed by atoms with van der Waals surface area (Å²) in [7, 11) is 0. The van der Waals surface area contributed by atoms with E-state index in [1.54, 1.807) is 32.7 Å². The fourth-order valence-electron chi connectivity index (χ4n) is 4.04. The number of halogens is 1. The van der Waals surface area contributed by atoms with Crippen LogP contribution in [-0.4, -0.2) is 40.4 Å². The second-order valence-electron chi connectivity index (χ2n) is 10.1. The lowest BCUT2D eigenvalue weighted by Gasteiger charge is -2.24. The van der Waals surface area contributed by atoms with E-state index in [1.165, 1.54) is 0 Å². The zero-order chi connectivity index (χ0) is 25.3. The molecule has 9 heteroatoms. The maximum absolute atomic E-state index is 13.5. The molecule has 186 valence electrons. The van der Waals surface area contributed by atoms with Gasteiger partial charge in [0.15, 0.2) is 0 Å². The average Bonchev–Trinajstić information content (AvgIpc) is 3.42. The fourth-order valence-corrected chi connectivity index (χ4v) is 6.40. The molecule has 1 N–H and O–H groups in total. The third kappa shape index (κ3) is 5.60. The minimum atomic E-state index is -0.289. The van der Waals surface area contributed by atoms with Gasteiger partial charge in [-0.1, -0.05) is 58.4 Å². The normalized spacial score (nSPS) is 16.4. The molecule has 6 nitrogen and oxygen atoms in total. The number of hydrogen-bond donors (Lipinski definition) is 1. The van der Waals surface area contributed by atoms with Gasteiger partial charge in [-0.3, -0.25) is 14.5 Å². The molecular formula is C26H31ClN4O2S2. The average molecular weight is 531 g/mol. The predicted molar refractivity (Wildman–Crippen MR) is 146 cm³/mol. The molecule has 0 fully saturated rings. The van der Waals surface area contributed by atoms with Gasteiger partial charge < -0.3 is 5.32 Å². The van der Waals surface area contributed by atoms with Gasteiger partial charge in [0.25, 0.3) is 0 Å². The van der Waals surface area contributed by atoms with Crippen LogP contribution in [-0.2, 0) is 15.0 Å². The second kappa shape index (κ2) is 10.4. The molecule has 3 heterocycles. The molecule has 0 unspecified atom stereocenters. The number of hydrogen-bond acceptors (Lipinski definition) is 5. The molecule has 1 aromatic carbocycles. The van der Waals surface area contributed by atoms with Crippen molar-refractivity contribution in [3.05, 3.63) is 62.9 Å². The monoisotopic (exact) mass is 530 g/mol. The Morgan fingerprint density at radius 3 is 2.66 bits per heavy atom. The SMILES string of the molecule is CC(C)CNC(=O)CN1C(=O)CS[C@@H](c2cccs2)c2c(C(C)(C)C)nn(-c3cccc(Cl)c3)c21. The molecule has 1 atom stereocenters. The Labute approximate surface area is 220 Å². The highest BCUT2D eigenvalue weighted by atomic mass is 35.5. The highest BCUT2D eigenvalue weighted by Crippen LogP contribution is 2.49. The summed E-state index contributed by atoms with van der Waals surface area (Å²) in [6.07, 6.45) is 0. The summed E-state index contributed by atoms with van der Waals surface area (Å²) in [5.41, 5.74) is 2.35. The number of rotatable bonds is 6. The van der Waals surface area contributed by atoms with Crippen LogP contribution in [0, 0.1) is 5.92 Å². The summed E-state index contributed by atoms with van der Waals surface area (Å²) in [6.45, 7) is 11.0. The van der Waals surface area contributed by atoms with E-state index in [1.807, 2.05) is 44.2 Å². The van der Waals surface area contributed by atoms with Gasteiger partial charge in [0.1, 0.15) is 12.4 Å². The van der Waals surface area contributed by atoms with E-state index < -0.39 is 0 Å². The first kappa shape index (κ1) is 25.8. The van der Waals surface area contributed by atoms with E-state index in [0.29, 0.717) is 23.3 Å². The Balaban J connectivity index is 1.95. The van der Waals surface area contributed by atoms with Crippen LogP contribution in [0.1, 0.15) is 56.0 Å². The zero-order valence-electron chi connectivity index (χ0n) is 20.7. The maximum Gasteiger partial charge on any atom is 0.240 e. The molecule has 2 amide bonds. The first-order valence-electron chi connectivity index (χ1n) is 11.7. The largest absolute Gasteiger partial charge is 0.354 e. The van der Waals surface area contributed by atoms with E-state index in [0.717, 1.165) is 21.8 Å². The number of amides is 2. The van der Waals surface area contributed by atoms with Gasteiger partial charge in [-0.05, 0) is 35.6 Å². The number of aromatic nitrogens is 2. The van der Waals surface area contributed by atoms with Crippen molar-refractivity contribution in [1.82, 2.24) is 15.1 Å². The van der Waals surface area contributed by atoms with E-state index in [-0.39, 0.29) is 34.8 Å². The van der Waals surface area contributed by atoms with E-state index in [4.69, 9.17) is 16.7 Å². The number of carbonyl (C=O) groups is 2. The molecule has 4 rings (SSSR count). The molecule has 35 heavy (non-hydrogen) atoms. The zero-order valence-corrected chi connectivity index (χ0v) is 23.1. The molecule has 0 aliphatic carbocycles. The first-order chi connectivity index (χ1) is 16.6. The lowest BCUT2D eigenvalue weighted by Crippen LogP contribution is -2.43. The molecule has 1 aliphatic heterocycles. The smallest absolute Gasteiger partial charge is 0.240 e. The Morgan fingerprint density at radius 1 is 1.26 bits per heavy atom. The number of nitrogens with one attached hydrogen (secondary N) is 1. The van der Waals surface area contributed by atoms with Crippen LogP contribution in [0.2, 0.25) is 5.02 Å². The highest BCUT2D eigenvalue weighted by molar-refractivity contribution is 8.00. The highest BCUT2D eigenvalue weighted by Gasteiger charge is 2.40. The molecule has 0 saturated carbocycles. The second-order valence-corrected chi connectivity index (χ2v) is 12.6. The number of thiophene rings is 1. The third-order valence-corrected chi connectivity index (χ3v) is 8.22. The van der Waals surface area contributed by atoms with Crippen LogP contribution in [0.4, 0.5) is 5.82 Å². The molecule has 0 bridgehead atoms. The summed E-state index contributed by atoms with van der Waals surface area (Å²) in [5, 5.41) is 10.6. The van der Waals surface area contributed by atoms with Crippen LogP contribution in [0.3, 0.4) is 0 Å². The summed E-state index contributed by atoms with van der Waals surface area (Å²) >= 11 is 9.61. The molecule has 0 saturated heterocycles. The van der Waals surface area contributed by atoms with Crippen molar-refractivity contribution in [1.29, 1.82) is 0 Å². The Bertz CT molecular complexity index is 1210. The van der Waals surface area contributed by atoms with Crippen molar-refractivity contribution in [2.45, 2.75) is 45.3 Å². The maximum atomic E-state index is 13.5. The minimum absolute atomic E-state index is 0.0634. The van der Waals surface area contributed by atoms with Gasteiger partial charge in [-0.15, -0.1) is 23.1 Å². The van der Waals surface area contributed by atoms with Crippen molar-refractivity contribution >= 4 is 52.3 Å². The van der Waals surface area contributed by atoms with Gasteiger partial charge in [-0.25, -0.2) is 4.68 Å². The lowest BCUT2D eigenvalue weighted by molar-refractivity contribution is -0.123. The van der Waals surface area contributed by atoms with Crippen molar-refractivity contribution < 1.29 is 9.59 Å². The van der Waals surface area contributed by atoms with E-state index in [2.05, 4.69) is 37.5 Å². The molecule has 0 spiro atoms. The fraction of sp³-hybridized carbons (Fsp3) is 0.423. The molecule has 2 aromatic heterocycles. The summed E-state index contributed by atoms with van der Waals surface area (Å²) in [5.74, 6) is 0.934. The van der Waals surface area contributed by atoms with E-state index in [9.17, 15) is 9.59 Å². The van der Waals surface area contributed by atoms with Crippen LogP contribution in [0.15, 0.2) is 41.8 Å². The van der Waals surface area contributed by atoms with Gasteiger partial charge >= 0.3 is 0 Å². The van der Waals surface area contributed by atoms with Crippen molar-refractivity contribution in [2.75, 3.05) is 23.7 Å². The number of anilines is 1. The van der Waals surface area contributed by atoms with Crippen molar-refractivity contribution in [2.24, 2.45) is 5.92 Å². The molecular weight excluding hydrogens is 500 g/mol. The van der Waals surface area contributed by atoms with Crippen LogP contribution < -0.4 is 10.2 Å². The summed E-state index contributed by atoms with van der Waals surface area (Å²) in [4.78, 5) is 29.2. The number of carbonyl (C=O) groups excluding carboxylic acids is 2. The first-order valence-corrected chi connectivity index (χ1v) is 14.0. The number of nitrogens with zero attached hydrogens (tertiary/aromatic N) is 3. The van der Waals surface area contributed by atoms with Crippen molar-refractivity contribution in [3.8, 4) is 5.69 Å². The quantitative estimate of drug-likeness (QED) is 0.435. The third-order valence-electron chi connectivity index (χ3n) is 5.66. The summed E-state index contributed by atoms with van der Waals surface area (Å²) in [6, 6.07) is 11.6. The molecule has 1 aliphatic rings. The number of thioether (sulfide) groups is 1. The molecule has 0 radical (unpaired) electrons. The van der Waals surface area contributed by atoms with Gasteiger partial charge in [0, 0.05) is 27.4 Å². The van der Waals surface area contributed by atoms with Gasteiger partial charge in [-0.2, -0.15) is 5.10 Å². The van der Waals surface area contributed by atoms with Gasteiger partial charge in [0.05, 0.1) is 22.4 Å². The van der Waals surface area contributed by atoms with Crippen molar-refractivity contribution in [3.63, 3.8) is 0 Å². The minimum Gasteiger partial charge on any atom is -0.354 e. The Kier molecular flexibility index (Phi) is 7.64. The topological polar surface area (TPSA) is 67.2 Å². The van der Waals surface area contributed by atoms with Crippen LogP contribution >= 0.6 is 34.7 Å². The molecule has 3 aromatic rings. The lowest BCUT2D eigenvalue weighted by atomic mass is 9.88. The number of benzene rings is 1. The Morgan fingerprint density at radius 2 is 2.03 bits per heavy atom. The van der Waals surface area contributed by atoms with Gasteiger partial charge in [0.2, 0.25) is 11.8 Å². The standard InChI is InChI=1S/C26H31ClN4O2S2/c1-16(2)13-28-20(32)14-30-21(33)15-35-23(19-10-7-11-34-19)22-24(26(3,4)5)29-31(25(22)30)18-9-6-8-17(27)12-18/h6-12,16,23H,13-15H2,1-5H3,(H,28,32)/t23-/m0/s1. The Hall–Kier alpha value is -2.29. The summed E-state index contributed by atoms with van der Waals surface area (Å²) < 4.78 is 1.79. The predicted octanol–water partition coefficient (Wildman–Crippen LogP) is 5.83.